The van der Waals surface area contributed by atoms with Gasteiger partial charge >= 0.3 is 0 Å². The highest BCUT2D eigenvalue weighted by Gasteiger charge is 2.35. The molecule has 3 unspecified atom stereocenters. The van der Waals surface area contributed by atoms with Crippen LogP contribution in [0.3, 0.4) is 0 Å². The summed E-state index contributed by atoms with van der Waals surface area (Å²) in [4.78, 5) is 2.73. The fraction of sp³-hybridized carbons (Fsp3) is 1.00. The Morgan fingerprint density at radius 1 is 1.24 bits per heavy atom. The Kier molecular flexibility index (Phi) is 4.48. The molecule has 2 aliphatic rings. The Labute approximate surface area is 107 Å². The second kappa shape index (κ2) is 5.71. The van der Waals surface area contributed by atoms with Gasteiger partial charge in [-0.05, 0) is 44.1 Å². The summed E-state index contributed by atoms with van der Waals surface area (Å²) in [6, 6.07) is 0. The first-order valence-corrected chi connectivity index (χ1v) is 7.61. The molecule has 0 aromatic heterocycles. The van der Waals surface area contributed by atoms with Crippen molar-refractivity contribution in [1.29, 1.82) is 0 Å². The van der Waals surface area contributed by atoms with Crippen LogP contribution in [0, 0.1) is 11.8 Å². The Morgan fingerprint density at radius 2 is 1.94 bits per heavy atom. The molecule has 0 aromatic carbocycles. The van der Waals surface area contributed by atoms with Crippen LogP contribution in [0.2, 0.25) is 0 Å². The second-order valence-corrected chi connectivity index (χ2v) is 6.70. The van der Waals surface area contributed by atoms with E-state index in [2.05, 4.69) is 31.0 Å². The summed E-state index contributed by atoms with van der Waals surface area (Å²) >= 11 is 0. The van der Waals surface area contributed by atoms with Crippen LogP contribution in [-0.4, -0.2) is 36.6 Å². The molecule has 0 aliphatic carbocycles. The van der Waals surface area contributed by atoms with Crippen LogP contribution < -0.4 is 5.32 Å². The van der Waals surface area contributed by atoms with Crippen molar-refractivity contribution < 1.29 is 0 Å². The molecule has 3 atom stereocenters. The lowest BCUT2D eigenvalue weighted by molar-refractivity contribution is 0.102. The number of hydrogen-bond donors (Lipinski definition) is 1. The third-order valence-corrected chi connectivity index (χ3v) is 4.53. The number of rotatable bonds is 4. The van der Waals surface area contributed by atoms with Gasteiger partial charge in [-0.1, -0.05) is 27.2 Å². The summed E-state index contributed by atoms with van der Waals surface area (Å²) in [5, 5.41) is 3.81. The summed E-state index contributed by atoms with van der Waals surface area (Å²) in [6.07, 6.45) is 6.85. The van der Waals surface area contributed by atoms with Crippen LogP contribution in [0.15, 0.2) is 0 Å². The average molecular weight is 238 g/mol. The van der Waals surface area contributed by atoms with Crippen molar-refractivity contribution >= 4 is 0 Å². The molecule has 2 heteroatoms. The molecule has 17 heavy (non-hydrogen) atoms. The molecule has 0 bridgehead atoms. The largest absolute Gasteiger partial charge is 0.310 e. The quantitative estimate of drug-likeness (QED) is 0.810. The second-order valence-electron chi connectivity index (χ2n) is 6.70. The molecule has 0 radical (unpaired) electrons. The maximum absolute atomic E-state index is 3.81. The van der Waals surface area contributed by atoms with E-state index in [4.69, 9.17) is 0 Å². The van der Waals surface area contributed by atoms with Gasteiger partial charge in [0.25, 0.3) is 0 Å². The van der Waals surface area contributed by atoms with E-state index in [1.807, 2.05) is 0 Å². The smallest absolute Gasteiger partial charge is 0.0309 e. The molecule has 0 saturated carbocycles. The standard InChI is InChI=1S/C15H30N2/c1-4-6-15(7-5-8-16-15)12-17-10-13(2)9-14(3)11-17/h13-14,16H,4-12H2,1-3H3. The van der Waals surface area contributed by atoms with Gasteiger partial charge in [-0.2, -0.15) is 0 Å². The number of nitrogens with one attached hydrogen (secondary N) is 1. The van der Waals surface area contributed by atoms with Crippen LogP contribution in [0.25, 0.3) is 0 Å². The molecule has 2 fully saturated rings. The number of nitrogens with zero attached hydrogens (tertiary/aromatic N) is 1. The maximum atomic E-state index is 3.81. The minimum Gasteiger partial charge on any atom is -0.310 e. The Hall–Kier alpha value is -0.0800. The normalized spacial score (nSPS) is 39.7. The molecule has 2 heterocycles. The van der Waals surface area contributed by atoms with E-state index in [0.717, 1.165) is 11.8 Å². The highest BCUT2D eigenvalue weighted by atomic mass is 15.2. The zero-order valence-corrected chi connectivity index (χ0v) is 12.0. The first kappa shape index (κ1) is 13.4. The summed E-state index contributed by atoms with van der Waals surface area (Å²) in [5.74, 6) is 1.78. The summed E-state index contributed by atoms with van der Waals surface area (Å²) in [5.41, 5.74) is 0.450. The Bertz CT molecular complexity index is 223. The van der Waals surface area contributed by atoms with Crippen molar-refractivity contribution in [1.82, 2.24) is 10.2 Å². The first-order valence-electron chi connectivity index (χ1n) is 7.61. The van der Waals surface area contributed by atoms with Crippen LogP contribution in [0.4, 0.5) is 0 Å². The van der Waals surface area contributed by atoms with Crippen LogP contribution in [0.1, 0.15) is 52.9 Å². The van der Waals surface area contributed by atoms with Gasteiger partial charge in [0.15, 0.2) is 0 Å². The third kappa shape index (κ3) is 3.45. The molecular weight excluding hydrogens is 208 g/mol. The lowest BCUT2D eigenvalue weighted by Crippen LogP contribution is -2.53. The van der Waals surface area contributed by atoms with Gasteiger partial charge in [-0.3, -0.25) is 0 Å². The fourth-order valence-corrected chi connectivity index (χ4v) is 4.12. The van der Waals surface area contributed by atoms with Crippen LogP contribution >= 0.6 is 0 Å². The molecule has 2 rings (SSSR count). The number of piperidine rings is 1. The SMILES string of the molecule is CCCC1(CN2CC(C)CC(C)C2)CCCN1. The van der Waals surface area contributed by atoms with Crippen molar-refractivity contribution in [2.24, 2.45) is 11.8 Å². The van der Waals surface area contributed by atoms with Gasteiger partial charge in [-0.25, -0.2) is 0 Å². The fourth-order valence-electron chi connectivity index (χ4n) is 4.12. The summed E-state index contributed by atoms with van der Waals surface area (Å²) in [7, 11) is 0. The van der Waals surface area contributed by atoms with E-state index in [0.29, 0.717) is 5.54 Å². The van der Waals surface area contributed by atoms with E-state index in [1.54, 1.807) is 0 Å². The van der Waals surface area contributed by atoms with Crippen molar-refractivity contribution in [3.8, 4) is 0 Å². The number of likely N-dealkylation sites (tertiary alicyclic amines) is 1. The monoisotopic (exact) mass is 238 g/mol. The molecule has 0 amide bonds. The molecular formula is C15H30N2. The first-order chi connectivity index (χ1) is 8.13. The van der Waals surface area contributed by atoms with Crippen molar-refractivity contribution in [2.75, 3.05) is 26.2 Å². The molecule has 1 N–H and O–H groups in total. The summed E-state index contributed by atoms with van der Waals surface area (Å²) in [6.45, 7) is 12.3. The van der Waals surface area contributed by atoms with E-state index in [-0.39, 0.29) is 0 Å². The summed E-state index contributed by atoms with van der Waals surface area (Å²) < 4.78 is 0. The van der Waals surface area contributed by atoms with Gasteiger partial charge in [0.1, 0.15) is 0 Å². The highest BCUT2D eigenvalue weighted by molar-refractivity contribution is 4.96. The minimum atomic E-state index is 0.450. The molecule has 0 aromatic rings. The molecule has 100 valence electrons. The van der Waals surface area contributed by atoms with E-state index >= 15 is 0 Å². The lowest BCUT2D eigenvalue weighted by Gasteiger charge is -2.41. The molecule has 0 spiro atoms. The zero-order chi connectivity index (χ0) is 12.3. The zero-order valence-electron chi connectivity index (χ0n) is 12.0. The van der Waals surface area contributed by atoms with Gasteiger partial charge in [0.05, 0.1) is 0 Å². The van der Waals surface area contributed by atoms with Gasteiger partial charge in [0.2, 0.25) is 0 Å². The average Bonchev–Trinajstić information content (AvgIpc) is 2.65. The van der Waals surface area contributed by atoms with Crippen molar-refractivity contribution in [3.05, 3.63) is 0 Å². The molecule has 2 aliphatic heterocycles. The van der Waals surface area contributed by atoms with E-state index < -0.39 is 0 Å². The predicted octanol–water partition coefficient (Wildman–Crippen LogP) is 2.89. The number of hydrogen-bond acceptors (Lipinski definition) is 2. The molecule has 2 saturated heterocycles. The van der Waals surface area contributed by atoms with Gasteiger partial charge < -0.3 is 10.2 Å². The topological polar surface area (TPSA) is 15.3 Å². The Balaban J connectivity index is 1.93. The van der Waals surface area contributed by atoms with Crippen molar-refractivity contribution in [2.45, 2.75) is 58.4 Å². The predicted molar refractivity (Wildman–Crippen MR) is 74.3 cm³/mol. The highest BCUT2D eigenvalue weighted by Crippen LogP contribution is 2.29. The molecule has 2 nitrogen and oxygen atoms in total. The maximum Gasteiger partial charge on any atom is 0.0309 e. The van der Waals surface area contributed by atoms with Crippen LogP contribution in [-0.2, 0) is 0 Å². The third-order valence-electron chi connectivity index (χ3n) is 4.53. The lowest BCUT2D eigenvalue weighted by atomic mass is 9.87. The van der Waals surface area contributed by atoms with E-state index in [1.165, 1.54) is 58.3 Å². The minimum absolute atomic E-state index is 0.450. The van der Waals surface area contributed by atoms with Crippen molar-refractivity contribution in [3.63, 3.8) is 0 Å². The Morgan fingerprint density at radius 3 is 2.47 bits per heavy atom. The van der Waals surface area contributed by atoms with Gasteiger partial charge in [0, 0.05) is 25.2 Å². The van der Waals surface area contributed by atoms with Crippen LogP contribution in [0.5, 0.6) is 0 Å². The van der Waals surface area contributed by atoms with Gasteiger partial charge in [-0.15, -0.1) is 0 Å². The van der Waals surface area contributed by atoms with E-state index in [9.17, 15) is 0 Å².